The van der Waals surface area contributed by atoms with Crippen LogP contribution in [0.4, 0.5) is 10.1 Å². The van der Waals surface area contributed by atoms with Crippen LogP contribution in [0.1, 0.15) is 16.7 Å². The fourth-order valence-corrected chi connectivity index (χ4v) is 3.89. The normalized spacial score (nSPS) is 10.9. The van der Waals surface area contributed by atoms with Gasteiger partial charge in [-0.2, -0.15) is 5.26 Å². The molecule has 0 aliphatic carbocycles. The third-order valence-electron chi connectivity index (χ3n) is 5.33. The van der Waals surface area contributed by atoms with E-state index >= 15 is 0 Å². The van der Waals surface area contributed by atoms with Gasteiger partial charge in [-0.1, -0.05) is 54.6 Å². The van der Waals surface area contributed by atoms with Gasteiger partial charge in [0, 0.05) is 11.3 Å². The summed E-state index contributed by atoms with van der Waals surface area (Å²) < 4.78 is 25.9. The topological polar surface area (TPSA) is 71.3 Å². The quantitative estimate of drug-likeness (QED) is 0.173. The third kappa shape index (κ3) is 7.29. The Morgan fingerprint density at radius 1 is 0.919 bits per heavy atom. The highest BCUT2D eigenvalue weighted by molar-refractivity contribution is 9.10. The fraction of sp³-hybridized carbons (Fsp3) is 0.0667. The number of nitrogens with one attached hydrogen (secondary N) is 1. The first-order chi connectivity index (χ1) is 18.0. The van der Waals surface area contributed by atoms with Gasteiger partial charge in [0.1, 0.15) is 42.2 Å². The molecule has 184 valence electrons. The van der Waals surface area contributed by atoms with E-state index in [2.05, 4.69) is 21.2 Å². The van der Waals surface area contributed by atoms with Gasteiger partial charge in [-0.05, 0) is 75.6 Å². The maximum absolute atomic E-state index is 13.8. The fourth-order valence-electron chi connectivity index (χ4n) is 3.38. The molecule has 1 N–H and O–H groups in total. The number of hydrogen-bond acceptors (Lipinski definition) is 4. The van der Waals surface area contributed by atoms with E-state index in [0.717, 1.165) is 5.56 Å². The number of nitrogens with zero attached hydrogens (tertiary/aromatic N) is 1. The van der Waals surface area contributed by atoms with Crippen molar-refractivity contribution in [2.75, 3.05) is 5.32 Å². The van der Waals surface area contributed by atoms with Gasteiger partial charge in [0.25, 0.3) is 5.91 Å². The summed E-state index contributed by atoms with van der Waals surface area (Å²) in [6.45, 7) is 0.513. The molecule has 0 aromatic heterocycles. The number of hydrogen-bond donors (Lipinski definition) is 1. The summed E-state index contributed by atoms with van der Waals surface area (Å²) in [4.78, 5) is 12.7. The molecule has 4 rings (SSSR count). The molecule has 5 nitrogen and oxygen atoms in total. The number of nitriles is 1. The lowest BCUT2D eigenvalue weighted by molar-refractivity contribution is -0.112. The van der Waals surface area contributed by atoms with E-state index < -0.39 is 5.91 Å². The van der Waals surface area contributed by atoms with E-state index in [1.807, 2.05) is 36.4 Å². The summed E-state index contributed by atoms with van der Waals surface area (Å²) in [5, 5.41) is 12.3. The van der Waals surface area contributed by atoms with Crippen LogP contribution in [-0.4, -0.2) is 5.91 Å². The predicted octanol–water partition coefficient (Wildman–Crippen LogP) is 7.29. The highest BCUT2D eigenvalue weighted by Crippen LogP contribution is 2.28. The number of anilines is 1. The van der Waals surface area contributed by atoms with Crippen LogP contribution in [0.25, 0.3) is 6.08 Å². The first-order valence-corrected chi connectivity index (χ1v) is 12.2. The summed E-state index contributed by atoms with van der Waals surface area (Å²) in [5.41, 5.74) is 2.60. The summed E-state index contributed by atoms with van der Waals surface area (Å²) in [6, 6.07) is 30.2. The zero-order valence-electron chi connectivity index (χ0n) is 19.7. The van der Waals surface area contributed by atoms with Crippen LogP contribution >= 0.6 is 15.9 Å². The van der Waals surface area contributed by atoms with Gasteiger partial charge in [-0.3, -0.25) is 4.79 Å². The first-order valence-electron chi connectivity index (χ1n) is 11.4. The maximum Gasteiger partial charge on any atom is 0.266 e. The van der Waals surface area contributed by atoms with Crippen molar-refractivity contribution in [1.82, 2.24) is 0 Å². The van der Waals surface area contributed by atoms with Crippen LogP contribution in [0.15, 0.2) is 107 Å². The van der Waals surface area contributed by atoms with Gasteiger partial charge in [-0.25, -0.2) is 4.39 Å². The molecule has 0 saturated heterocycles. The van der Waals surface area contributed by atoms with Gasteiger partial charge in [0.15, 0.2) is 0 Å². The Bertz CT molecular complexity index is 1450. The molecule has 1 amide bonds. The monoisotopic (exact) mass is 556 g/mol. The van der Waals surface area contributed by atoms with Crippen molar-refractivity contribution in [2.45, 2.75) is 13.2 Å². The number of carbonyl (C=O) groups excluding carboxylic acids is 1. The molecule has 0 heterocycles. The minimum atomic E-state index is -0.531. The molecule has 4 aromatic rings. The number of benzene rings is 4. The Morgan fingerprint density at radius 3 is 2.35 bits per heavy atom. The Kier molecular flexibility index (Phi) is 8.69. The third-order valence-corrected chi connectivity index (χ3v) is 5.95. The van der Waals surface area contributed by atoms with Crippen LogP contribution in [0.5, 0.6) is 11.5 Å². The molecule has 0 spiro atoms. The van der Waals surface area contributed by atoms with E-state index in [9.17, 15) is 14.4 Å². The van der Waals surface area contributed by atoms with E-state index in [-0.39, 0.29) is 18.0 Å². The first kappa shape index (κ1) is 25.7. The highest BCUT2D eigenvalue weighted by atomic mass is 79.9. The van der Waals surface area contributed by atoms with Gasteiger partial charge in [0.2, 0.25) is 0 Å². The Hall–Kier alpha value is -4.41. The van der Waals surface area contributed by atoms with Crippen LogP contribution < -0.4 is 14.8 Å². The summed E-state index contributed by atoms with van der Waals surface area (Å²) in [7, 11) is 0. The molecule has 0 fully saturated rings. The second-order valence-electron chi connectivity index (χ2n) is 7.99. The molecule has 0 aliphatic heterocycles. The van der Waals surface area contributed by atoms with Gasteiger partial charge in [-0.15, -0.1) is 0 Å². The molecule has 0 bridgehead atoms. The van der Waals surface area contributed by atoms with Crippen molar-refractivity contribution >= 4 is 33.6 Å². The Labute approximate surface area is 222 Å². The zero-order valence-corrected chi connectivity index (χ0v) is 21.2. The molecule has 0 saturated carbocycles. The minimum Gasteiger partial charge on any atom is -0.489 e. The SMILES string of the molecule is N#C/C(=C\c1ccc(OCc2ccccc2F)c(Br)c1)C(=O)Nc1ccc(OCc2ccccc2)cc1. The number of ether oxygens (including phenoxy) is 2. The van der Waals surface area contributed by atoms with Gasteiger partial charge in [0.05, 0.1) is 4.47 Å². The standard InChI is InChI=1S/C30H22BrFN2O3/c31-27-17-22(10-15-29(27)37-20-23-8-4-5-9-28(23)32)16-24(18-33)30(35)34-25-11-13-26(14-12-25)36-19-21-6-2-1-3-7-21/h1-17H,19-20H2,(H,34,35)/b24-16+. The largest absolute Gasteiger partial charge is 0.489 e. The molecular formula is C30H22BrFN2O3. The highest BCUT2D eigenvalue weighted by Gasteiger charge is 2.11. The summed E-state index contributed by atoms with van der Waals surface area (Å²) in [6.07, 6.45) is 1.48. The number of halogens is 2. The molecule has 0 radical (unpaired) electrons. The van der Waals surface area contributed by atoms with E-state index in [1.54, 1.807) is 60.7 Å². The summed E-state index contributed by atoms with van der Waals surface area (Å²) >= 11 is 3.43. The van der Waals surface area contributed by atoms with Crippen LogP contribution in [0.2, 0.25) is 0 Å². The molecule has 0 unspecified atom stereocenters. The lowest BCUT2D eigenvalue weighted by Crippen LogP contribution is -2.13. The number of amides is 1. The van der Waals surface area contributed by atoms with Crippen molar-refractivity contribution < 1.29 is 18.7 Å². The Morgan fingerprint density at radius 2 is 1.65 bits per heavy atom. The van der Waals surface area contributed by atoms with Crippen molar-refractivity contribution in [2.24, 2.45) is 0 Å². The second-order valence-corrected chi connectivity index (χ2v) is 8.85. The van der Waals surface area contributed by atoms with Crippen LogP contribution in [-0.2, 0) is 18.0 Å². The van der Waals surface area contributed by atoms with E-state index in [4.69, 9.17) is 9.47 Å². The summed E-state index contributed by atoms with van der Waals surface area (Å²) in [5.74, 6) is 0.312. The van der Waals surface area contributed by atoms with Crippen LogP contribution in [0, 0.1) is 17.1 Å². The lowest BCUT2D eigenvalue weighted by atomic mass is 10.1. The molecule has 7 heteroatoms. The number of rotatable bonds is 9. The van der Waals surface area contributed by atoms with Gasteiger partial charge >= 0.3 is 0 Å². The Balaban J connectivity index is 1.36. The molecule has 37 heavy (non-hydrogen) atoms. The van der Waals surface area contributed by atoms with Crippen molar-refractivity contribution in [3.05, 3.63) is 130 Å². The average Bonchev–Trinajstić information content (AvgIpc) is 2.92. The van der Waals surface area contributed by atoms with Crippen molar-refractivity contribution in [1.29, 1.82) is 5.26 Å². The maximum atomic E-state index is 13.8. The smallest absolute Gasteiger partial charge is 0.266 e. The zero-order chi connectivity index (χ0) is 26.0. The van der Waals surface area contributed by atoms with E-state index in [1.165, 1.54) is 12.1 Å². The predicted molar refractivity (Wildman–Crippen MR) is 144 cm³/mol. The van der Waals surface area contributed by atoms with Crippen molar-refractivity contribution in [3.8, 4) is 17.6 Å². The van der Waals surface area contributed by atoms with Crippen LogP contribution in [0.3, 0.4) is 0 Å². The minimum absolute atomic E-state index is 0.0590. The van der Waals surface area contributed by atoms with Crippen molar-refractivity contribution in [3.63, 3.8) is 0 Å². The molecule has 0 aliphatic rings. The van der Waals surface area contributed by atoms with Gasteiger partial charge < -0.3 is 14.8 Å². The average molecular weight is 557 g/mol. The second kappa shape index (κ2) is 12.5. The number of carbonyl (C=O) groups is 1. The molecule has 0 atom stereocenters. The molecule has 4 aromatic carbocycles. The van der Waals surface area contributed by atoms with E-state index in [0.29, 0.717) is 39.4 Å². The molecular weight excluding hydrogens is 535 g/mol. The lowest BCUT2D eigenvalue weighted by Gasteiger charge is -2.10.